The lowest BCUT2D eigenvalue weighted by atomic mass is 9.89. The Labute approximate surface area is 124 Å². The molecule has 0 aliphatic carbocycles. The molecule has 1 aliphatic rings. The molecule has 0 radical (unpaired) electrons. The molecular formula is C15H21NO5. The molecule has 1 aromatic rings. The molecule has 0 bridgehead atoms. The molecule has 1 saturated heterocycles. The molecule has 1 heterocycles. The van der Waals surface area contributed by atoms with E-state index >= 15 is 0 Å². The summed E-state index contributed by atoms with van der Waals surface area (Å²) in [6.45, 7) is 0.540. The molecule has 1 N–H and O–H groups in total. The van der Waals surface area contributed by atoms with E-state index in [2.05, 4.69) is 0 Å². The van der Waals surface area contributed by atoms with Gasteiger partial charge in [0.1, 0.15) is 0 Å². The summed E-state index contributed by atoms with van der Waals surface area (Å²) in [5, 5.41) is 9.89. The largest absolute Gasteiger partial charge is 0.478 e. The smallest absolute Gasteiger partial charge is 0.363 e. The van der Waals surface area contributed by atoms with Crippen molar-refractivity contribution in [2.24, 2.45) is 0 Å². The maximum absolute atomic E-state index is 12.1. The number of aliphatic carboxylic acids is 1. The first-order valence-corrected chi connectivity index (χ1v) is 6.79. The summed E-state index contributed by atoms with van der Waals surface area (Å²) < 4.78 is 16.4. The van der Waals surface area contributed by atoms with Crippen LogP contribution in [-0.2, 0) is 19.0 Å². The third-order valence-electron chi connectivity index (χ3n) is 4.10. The Morgan fingerprint density at radius 2 is 1.76 bits per heavy atom. The van der Waals surface area contributed by atoms with Gasteiger partial charge in [-0.15, -0.1) is 0 Å². The molecule has 2 rings (SSSR count). The molecule has 21 heavy (non-hydrogen) atoms. The highest BCUT2D eigenvalue weighted by molar-refractivity contribution is 5.84. The third kappa shape index (κ3) is 2.19. The number of piperidine rings is 1. The Balaban J connectivity index is 2.60. The van der Waals surface area contributed by atoms with Crippen molar-refractivity contribution in [2.45, 2.75) is 24.4 Å². The van der Waals surface area contributed by atoms with Gasteiger partial charge in [0.25, 0.3) is 5.72 Å². The van der Waals surface area contributed by atoms with Crippen molar-refractivity contribution >= 4 is 11.7 Å². The number of ether oxygens (including phenoxy) is 3. The molecule has 6 nitrogen and oxygen atoms in total. The minimum atomic E-state index is -1.74. The lowest BCUT2D eigenvalue weighted by Gasteiger charge is -2.53. The van der Waals surface area contributed by atoms with Crippen molar-refractivity contribution in [1.29, 1.82) is 0 Å². The Morgan fingerprint density at radius 1 is 1.14 bits per heavy atom. The van der Waals surface area contributed by atoms with Gasteiger partial charge in [-0.05, 0) is 18.6 Å². The number of carboxylic acid groups (broad SMARTS) is 1. The van der Waals surface area contributed by atoms with Gasteiger partial charge in [0.05, 0.1) is 0 Å². The topological polar surface area (TPSA) is 68.2 Å². The average Bonchev–Trinajstić information content (AvgIpc) is 2.54. The minimum Gasteiger partial charge on any atom is -0.478 e. The van der Waals surface area contributed by atoms with Crippen LogP contribution in [0.4, 0.5) is 5.69 Å². The van der Waals surface area contributed by atoms with Crippen LogP contribution in [0.15, 0.2) is 30.3 Å². The van der Waals surface area contributed by atoms with E-state index < -0.39 is 17.5 Å². The van der Waals surface area contributed by atoms with E-state index in [1.54, 1.807) is 4.90 Å². The van der Waals surface area contributed by atoms with Gasteiger partial charge in [-0.3, -0.25) is 0 Å². The van der Waals surface area contributed by atoms with Gasteiger partial charge in [-0.2, -0.15) is 0 Å². The van der Waals surface area contributed by atoms with Crippen LogP contribution in [0.2, 0.25) is 0 Å². The lowest BCUT2D eigenvalue weighted by molar-refractivity contribution is -0.313. The molecule has 1 aliphatic heterocycles. The summed E-state index contributed by atoms with van der Waals surface area (Å²) in [5.41, 5.74) is -0.990. The fourth-order valence-electron chi connectivity index (χ4n) is 3.12. The zero-order chi connectivity index (χ0) is 15.5. The summed E-state index contributed by atoms with van der Waals surface area (Å²) in [6, 6.07) is 9.28. The number of para-hydroxylation sites is 1. The zero-order valence-corrected chi connectivity index (χ0v) is 12.5. The van der Waals surface area contributed by atoms with Crippen LogP contribution in [0.1, 0.15) is 12.8 Å². The highest BCUT2D eigenvalue weighted by atomic mass is 16.7. The number of carboxylic acids is 1. The number of carbonyl (C=O) groups is 1. The third-order valence-corrected chi connectivity index (χ3v) is 4.10. The van der Waals surface area contributed by atoms with Crippen molar-refractivity contribution in [3.05, 3.63) is 30.3 Å². The van der Waals surface area contributed by atoms with E-state index in [1.807, 2.05) is 30.3 Å². The van der Waals surface area contributed by atoms with Gasteiger partial charge in [-0.25, -0.2) is 4.79 Å². The molecular weight excluding hydrogens is 274 g/mol. The van der Waals surface area contributed by atoms with Gasteiger partial charge in [0.2, 0.25) is 5.79 Å². The maximum Gasteiger partial charge on any atom is 0.363 e. The Morgan fingerprint density at radius 3 is 2.24 bits per heavy atom. The van der Waals surface area contributed by atoms with Gasteiger partial charge >= 0.3 is 5.97 Å². The molecule has 1 unspecified atom stereocenters. The summed E-state index contributed by atoms with van der Waals surface area (Å²) in [5.74, 6) is -2.51. The van der Waals surface area contributed by atoms with Crippen molar-refractivity contribution in [3.8, 4) is 0 Å². The van der Waals surface area contributed by atoms with Crippen molar-refractivity contribution < 1.29 is 24.1 Å². The first-order chi connectivity index (χ1) is 10.1. The fraction of sp³-hybridized carbons (Fsp3) is 0.533. The summed E-state index contributed by atoms with van der Waals surface area (Å²) in [6.07, 6.45) is 1.17. The number of rotatable bonds is 5. The van der Waals surface area contributed by atoms with Crippen LogP contribution in [-0.4, -0.2) is 50.5 Å². The predicted molar refractivity (Wildman–Crippen MR) is 77.1 cm³/mol. The zero-order valence-electron chi connectivity index (χ0n) is 12.5. The molecule has 0 spiro atoms. The molecule has 0 saturated carbocycles. The number of hydrogen-bond donors (Lipinski definition) is 1. The van der Waals surface area contributed by atoms with Crippen LogP contribution in [0, 0.1) is 0 Å². The fourth-order valence-corrected chi connectivity index (χ4v) is 3.12. The van der Waals surface area contributed by atoms with Gasteiger partial charge in [0.15, 0.2) is 0 Å². The molecule has 116 valence electrons. The van der Waals surface area contributed by atoms with E-state index in [9.17, 15) is 9.90 Å². The number of nitrogens with zero attached hydrogens (tertiary/aromatic N) is 1. The average molecular weight is 295 g/mol. The first-order valence-electron chi connectivity index (χ1n) is 6.79. The monoisotopic (exact) mass is 295 g/mol. The number of methoxy groups -OCH3 is 3. The quantitative estimate of drug-likeness (QED) is 0.834. The van der Waals surface area contributed by atoms with Crippen LogP contribution >= 0.6 is 0 Å². The van der Waals surface area contributed by atoms with E-state index in [4.69, 9.17) is 14.2 Å². The van der Waals surface area contributed by atoms with Crippen molar-refractivity contribution in [1.82, 2.24) is 0 Å². The standard InChI is InChI=1S/C15H21NO5/c1-19-14(20-2)10-7-11-16(12-8-5-4-6-9-12)15(14,21-3)13(17)18/h4-6,8-9H,7,10-11H2,1-3H3,(H,17,18). The summed E-state index contributed by atoms with van der Waals surface area (Å²) in [7, 11) is 4.24. The van der Waals surface area contributed by atoms with Crippen LogP contribution in [0.5, 0.6) is 0 Å². The van der Waals surface area contributed by atoms with E-state index in [-0.39, 0.29) is 0 Å². The highest BCUT2D eigenvalue weighted by Gasteiger charge is 2.65. The SMILES string of the molecule is COC1(OC)CCCN(c2ccccc2)C1(OC)C(=O)O. The lowest BCUT2D eigenvalue weighted by Crippen LogP contribution is -2.74. The van der Waals surface area contributed by atoms with Crippen LogP contribution < -0.4 is 4.90 Å². The van der Waals surface area contributed by atoms with Crippen LogP contribution in [0.25, 0.3) is 0 Å². The first kappa shape index (κ1) is 15.8. The second-order valence-corrected chi connectivity index (χ2v) is 4.91. The number of anilines is 1. The van der Waals surface area contributed by atoms with Gasteiger partial charge < -0.3 is 24.2 Å². The molecule has 6 heteroatoms. The second kappa shape index (κ2) is 6.01. The summed E-state index contributed by atoms with van der Waals surface area (Å²) >= 11 is 0. The summed E-state index contributed by atoms with van der Waals surface area (Å²) in [4.78, 5) is 13.8. The van der Waals surface area contributed by atoms with E-state index in [1.165, 1.54) is 21.3 Å². The van der Waals surface area contributed by atoms with Crippen LogP contribution in [0.3, 0.4) is 0 Å². The van der Waals surface area contributed by atoms with Gasteiger partial charge in [-0.1, -0.05) is 18.2 Å². The minimum absolute atomic E-state index is 0.434. The molecule has 1 aromatic carbocycles. The number of hydrogen-bond acceptors (Lipinski definition) is 5. The van der Waals surface area contributed by atoms with E-state index in [0.717, 1.165) is 12.1 Å². The van der Waals surface area contributed by atoms with Crippen molar-refractivity contribution in [2.75, 3.05) is 32.8 Å². The van der Waals surface area contributed by atoms with Gasteiger partial charge in [0, 0.05) is 40.0 Å². The predicted octanol–water partition coefficient (Wildman–Crippen LogP) is 1.70. The van der Waals surface area contributed by atoms with Crippen molar-refractivity contribution in [3.63, 3.8) is 0 Å². The molecule has 0 amide bonds. The molecule has 1 fully saturated rings. The maximum atomic E-state index is 12.1. The Bertz CT molecular complexity index is 488. The number of benzene rings is 1. The highest BCUT2D eigenvalue weighted by Crippen LogP contribution is 2.43. The molecule has 1 atom stereocenters. The Hall–Kier alpha value is -1.63. The molecule has 0 aromatic heterocycles. The Kier molecular flexibility index (Phi) is 4.51. The normalized spacial score (nSPS) is 24.8. The second-order valence-electron chi connectivity index (χ2n) is 4.91. The van der Waals surface area contributed by atoms with E-state index in [0.29, 0.717) is 13.0 Å².